The van der Waals surface area contributed by atoms with E-state index in [1.165, 1.54) is 19.1 Å². The van der Waals surface area contributed by atoms with E-state index in [0.29, 0.717) is 28.4 Å². The van der Waals surface area contributed by atoms with Gasteiger partial charge in [-0.1, -0.05) is 6.07 Å². The first kappa shape index (κ1) is 24.8. The Morgan fingerprint density at radius 3 is 2.36 bits per heavy atom. The first-order valence-corrected chi connectivity index (χ1v) is 11.5. The summed E-state index contributed by atoms with van der Waals surface area (Å²) in [6.45, 7) is 3.95. The Kier molecular flexibility index (Phi) is 7.24. The summed E-state index contributed by atoms with van der Waals surface area (Å²) in [5.74, 6) is -0.165. The highest BCUT2D eigenvalue weighted by Gasteiger charge is 2.47. The summed E-state index contributed by atoms with van der Waals surface area (Å²) in [5.41, 5.74) is 1.66. The fourth-order valence-electron chi connectivity index (χ4n) is 4.22. The van der Waals surface area contributed by atoms with Crippen molar-refractivity contribution in [3.05, 3.63) is 89.3 Å². The van der Waals surface area contributed by atoms with Crippen LogP contribution in [-0.4, -0.2) is 47.0 Å². The van der Waals surface area contributed by atoms with Crippen LogP contribution in [0.1, 0.15) is 36.6 Å². The molecule has 1 aliphatic rings. The number of hydrogen-bond acceptors (Lipinski definition) is 7. The number of hydrogen-bond donors (Lipinski definition) is 1. The standard InChI is InChI=1S/C28H28N2O6/c1-17(2)36-20-9-7-19(8-10-20)26(31)24-25(22-12-11-21(34-3)14-23(22)35-4)30(28(33)27(24)32)16-18-6-5-13-29-15-18/h5-15,17,25,31H,16H2,1-4H3/b26-24+/t25-/m1/s1. The van der Waals surface area contributed by atoms with Gasteiger partial charge >= 0.3 is 0 Å². The highest BCUT2D eigenvalue weighted by Crippen LogP contribution is 2.44. The second-order valence-corrected chi connectivity index (χ2v) is 8.59. The zero-order chi connectivity index (χ0) is 25.8. The molecule has 36 heavy (non-hydrogen) atoms. The molecule has 2 heterocycles. The van der Waals surface area contributed by atoms with Crippen LogP contribution in [0.2, 0.25) is 0 Å². The van der Waals surface area contributed by atoms with E-state index in [-0.39, 0.29) is 24.0 Å². The minimum absolute atomic E-state index is 0.00946. The molecule has 1 amide bonds. The number of nitrogens with zero attached hydrogens (tertiary/aromatic N) is 2. The maximum Gasteiger partial charge on any atom is 0.295 e. The Bertz CT molecular complexity index is 1290. The van der Waals surface area contributed by atoms with Crippen molar-refractivity contribution in [2.75, 3.05) is 14.2 Å². The summed E-state index contributed by atoms with van der Waals surface area (Å²) in [7, 11) is 3.04. The van der Waals surface area contributed by atoms with E-state index < -0.39 is 17.7 Å². The molecule has 4 rings (SSSR count). The van der Waals surface area contributed by atoms with Crippen molar-refractivity contribution in [1.82, 2.24) is 9.88 Å². The van der Waals surface area contributed by atoms with Crippen LogP contribution >= 0.6 is 0 Å². The number of ether oxygens (including phenoxy) is 3. The molecule has 1 aliphatic heterocycles. The lowest BCUT2D eigenvalue weighted by atomic mass is 9.94. The molecule has 1 aromatic heterocycles. The number of Topliss-reactive ketones (excluding diaryl/α,β-unsaturated/α-hetero) is 1. The van der Waals surface area contributed by atoms with Gasteiger partial charge in [-0.15, -0.1) is 0 Å². The van der Waals surface area contributed by atoms with Crippen molar-refractivity contribution < 1.29 is 28.9 Å². The first-order chi connectivity index (χ1) is 17.3. The molecule has 0 bridgehead atoms. The first-order valence-electron chi connectivity index (χ1n) is 11.5. The molecule has 186 valence electrons. The number of rotatable bonds is 8. The third-order valence-corrected chi connectivity index (χ3v) is 5.85. The van der Waals surface area contributed by atoms with Gasteiger partial charge in [0.25, 0.3) is 11.7 Å². The van der Waals surface area contributed by atoms with Gasteiger partial charge in [-0.05, 0) is 61.9 Å². The third kappa shape index (κ3) is 4.88. The second-order valence-electron chi connectivity index (χ2n) is 8.59. The Morgan fingerprint density at radius 2 is 1.75 bits per heavy atom. The minimum Gasteiger partial charge on any atom is -0.507 e. The molecule has 3 aromatic rings. The van der Waals surface area contributed by atoms with E-state index in [9.17, 15) is 14.7 Å². The number of pyridine rings is 1. The third-order valence-electron chi connectivity index (χ3n) is 5.85. The molecule has 1 N–H and O–H groups in total. The maximum absolute atomic E-state index is 13.3. The van der Waals surface area contributed by atoms with Crippen LogP contribution in [0.25, 0.3) is 5.76 Å². The smallest absolute Gasteiger partial charge is 0.295 e. The molecule has 8 heteroatoms. The van der Waals surface area contributed by atoms with Crippen LogP contribution in [0.4, 0.5) is 0 Å². The van der Waals surface area contributed by atoms with Gasteiger partial charge in [0.05, 0.1) is 31.9 Å². The molecule has 0 aliphatic carbocycles. The lowest BCUT2D eigenvalue weighted by Crippen LogP contribution is -2.29. The topological polar surface area (TPSA) is 98.2 Å². The second kappa shape index (κ2) is 10.5. The fourth-order valence-corrected chi connectivity index (χ4v) is 4.22. The van der Waals surface area contributed by atoms with Crippen LogP contribution < -0.4 is 14.2 Å². The summed E-state index contributed by atoms with van der Waals surface area (Å²) >= 11 is 0. The quantitative estimate of drug-likeness (QED) is 0.283. The van der Waals surface area contributed by atoms with Crippen LogP contribution in [0.5, 0.6) is 17.2 Å². The van der Waals surface area contributed by atoms with E-state index in [1.54, 1.807) is 60.9 Å². The molecule has 1 fully saturated rings. The SMILES string of the molecule is COc1ccc([C@@H]2/C(=C(\O)c3ccc(OC(C)C)cc3)C(=O)C(=O)N2Cc2cccnc2)c(OC)c1. The van der Waals surface area contributed by atoms with Crippen molar-refractivity contribution in [2.45, 2.75) is 32.5 Å². The number of benzene rings is 2. The Hall–Kier alpha value is -4.33. The molecule has 0 radical (unpaired) electrons. The fraction of sp³-hybridized carbons (Fsp3) is 0.250. The Morgan fingerprint density at radius 1 is 1.03 bits per heavy atom. The Balaban J connectivity index is 1.86. The lowest BCUT2D eigenvalue weighted by Gasteiger charge is -2.27. The van der Waals surface area contributed by atoms with E-state index in [1.807, 2.05) is 19.9 Å². The average Bonchev–Trinajstić information content (AvgIpc) is 3.13. The summed E-state index contributed by atoms with van der Waals surface area (Å²) in [4.78, 5) is 32.1. The zero-order valence-corrected chi connectivity index (χ0v) is 20.6. The molecular formula is C28H28N2O6. The minimum atomic E-state index is -0.891. The highest BCUT2D eigenvalue weighted by atomic mass is 16.5. The number of carbonyl (C=O) groups is 2. The average molecular weight is 489 g/mol. The van der Waals surface area contributed by atoms with Crippen LogP contribution in [0, 0.1) is 0 Å². The van der Waals surface area contributed by atoms with Crippen molar-refractivity contribution in [3.63, 3.8) is 0 Å². The van der Waals surface area contributed by atoms with E-state index in [2.05, 4.69) is 4.98 Å². The van der Waals surface area contributed by atoms with Gasteiger partial charge in [0.1, 0.15) is 23.0 Å². The lowest BCUT2D eigenvalue weighted by molar-refractivity contribution is -0.140. The number of amides is 1. The van der Waals surface area contributed by atoms with Crippen molar-refractivity contribution in [3.8, 4) is 17.2 Å². The van der Waals surface area contributed by atoms with Crippen molar-refractivity contribution in [2.24, 2.45) is 0 Å². The van der Waals surface area contributed by atoms with Crippen LogP contribution in [0.15, 0.2) is 72.6 Å². The molecule has 8 nitrogen and oxygen atoms in total. The van der Waals surface area contributed by atoms with Crippen LogP contribution in [0.3, 0.4) is 0 Å². The molecule has 1 atom stereocenters. The maximum atomic E-state index is 13.3. The van der Waals surface area contributed by atoms with E-state index in [4.69, 9.17) is 14.2 Å². The molecule has 0 unspecified atom stereocenters. The Labute approximate surface area is 209 Å². The molecule has 1 saturated heterocycles. The van der Waals surface area contributed by atoms with Gasteiger partial charge in [0.15, 0.2) is 0 Å². The number of aromatic nitrogens is 1. The van der Waals surface area contributed by atoms with Crippen molar-refractivity contribution >= 4 is 17.4 Å². The summed E-state index contributed by atoms with van der Waals surface area (Å²) in [6, 6.07) is 14.6. The van der Waals surface area contributed by atoms with Gasteiger partial charge in [-0.25, -0.2) is 0 Å². The van der Waals surface area contributed by atoms with Crippen molar-refractivity contribution in [1.29, 1.82) is 0 Å². The number of carbonyl (C=O) groups excluding carboxylic acids is 2. The molecule has 0 spiro atoms. The normalized spacial score (nSPS) is 16.9. The summed E-state index contributed by atoms with van der Waals surface area (Å²) in [5, 5.41) is 11.3. The van der Waals surface area contributed by atoms with Gasteiger partial charge in [0, 0.05) is 36.1 Å². The largest absolute Gasteiger partial charge is 0.507 e. The number of aliphatic hydroxyl groups is 1. The number of aliphatic hydroxyl groups excluding tert-OH is 1. The van der Waals surface area contributed by atoms with Gasteiger partial charge in [-0.3, -0.25) is 14.6 Å². The highest BCUT2D eigenvalue weighted by molar-refractivity contribution is 6.46. The monoisotopic (exact) mass is 488 g/mol. The predicted octanol–water partition coefficient (Wildman–Crippen LogP) is 4.51. The number of methoxy groups -OCH3 is 2. The molecule has 2 aromatic carbocycles. The van der Waals surface area contributed by atoms with E-state index >= 15 is 0 Å². The summed E-state index contributed by atoms with van der Waals surface area (Å²) in [6.07, 6.45) is 3.26. The van der Waals surface area contributed by atoms with E-state index in [0.717, 1.165) is 5.56 Å². The predicted molar refractivity (Wildman–Crippen MR) is 134 cm³/mol. The number of likely N-dealkylation sites (tertiary alicyclic amines) is 1. The van der Waals surface area contributed by atoms with Gasteiger partial charge in [0.2, 0.25) is 0 Å². The zero-order valence-electron chi connectivity index (χ0n) is 20.6. The van der Waals surface area contributed by atoms with Crippen LogP contribution in [-0.2, 0) is 16.1 Å². The van der Waals surface area contributed by atoms with Gasteiger partial charge < -0.3 is 24.2 Å². The van der Waals surface area contributed by atoms with Gasteiger partial charge in [-0.2, -0.15) is 0 Å². The number of ketones is 1. The molecule has 0 saturated carbocycles. The summed E-state index contributed by atoms with van der Waals surface area (Å²) < 4.78 is 16.6. The molecular weight excluding hydrogens is 460 g/mol.